The number of benzene rings is 1. The van der Waals surface area contributed by atoms with Crippen LogP contribution in [0, 0.1) is 12.7 Å². The molecule has 3 rings (SSSR count). The van der Waals surface area contributed by atoms with Gasteiger partial charge >= 0.3 is 0 Å². The summed E-state index contributed by atoms with van der Waals surface area (Å²) in [6.45, 7) is 4.34. The number of hydrogen-bond donors (Lipinski definition) is 0. The lowest BCUT2D eigenvalue weighted by atomic mass is 10.1. The number of nitrogens with zero attached hydrogens (tertiary/aromatic N) is 3. The smallest absolute Gasteiger partial charge is 0.255 e. The van der Waals surface area contributed by atoms with Crippen LogP contribution in [-0.4, -0.2) is 42.0 Å². The highest BCUT2D eigenvalue weighted by Gasteiger charge is 2.24. The van der Waals surface area contributed by atoms with E-state index >= 15 is 0 Å². The van der Waals surface area contributed by atoms with E-state index in [-0.39, 0.29) is 11.7 Å². The van der Waals surface area contributed by atoms with Gasteiger partial charge in [-0.1, -0.05) is 12.1 Å². The predicted molar refractivity (Wildman–Crippen MR) is 83.5 cm³/mol. The van der Waals surface area contributed by atoms with Gasteiger partial charge in [0.25, 0.3) is 5.91 Å². The summed E-state index contributed by atoms with van der Waals surface area (Å²) >= 11 is 0. The molecule has 0 N–H and O–H groups in total. The molecular formula is C17H18FN3O. The largest absolute Gasteiger partial charge is 0.366 e. The summed E-state index contributed by atoms with van der Waals surface area (Å²) in [6.07, 6.45) is 3.29. The summed E-state index contributed by atoms with van der Waals surface area (Å²) in [4.78, 5) is 20.3. The lowest BCUT2D eigenvalue weighted by Crippen LogP contribution is -2.49. The molecule has 1 amide bonds. The molecular weight excluding hydrogens is 281 g/mol. The Hall–Kier alpha value is -2.43. The maximum atomic E-state index is 13.8. The highest BCUT2D eigenvalue weighted by molar-refractivity contribution is 5.95. The zero-order valence-corrected chi connectivity index (χ0v) is 12.5. The first-order chi connectivity index (χ1) is 10.7. The van der Waals surface area contributed by atoms with E-state index in [9.17, 15) is 9.18 Å². The standard InChI is InChI=1S/C17H18FN3O/c1-13-6-7-19-12-14(13)17(22)21-10-8-20(9-11-21)16-5-3-2-4-15(16)18/h2-7,12H,8-11H2,1H3. The average molecular weight is 299 g/mol. The summed E-state index contributed by atoms with van der Waals surface area (Å²) < 4.78 is 13.8. The molecule has 22 heavy (non-hydrogen) atoms. The second-order valence-electron chi connectivity index (χ2n) is 5.42. The van der Waals surface area contributed by atoms with Gasteiger partial charge in [-0.3, -0.25) is 9.78 Å². The molecule has 1 aliphatic heterocycles. The number of carbonyl (C=O) groups excluding carboxylic acids is 1. The Labute approximate surface area is 129 Å². The molecule has 0 bridgehead atoms. The van der Waals surface area contributed by atoms with Gasteiger partial charge in [0, 0.05) is 38.6 Å². The van der Waals surface area contributed by atoms with E-state index in [4.69, 9.17) is 0 Å². The zero-order chi connectivity index (χ0) is 15.5. The van der Waals surface area contributed by atoms with Gasteiger partial charge in [0.1, 0.15) is 5.82 Å². The van der Waals surface area contributed by atoms with E-state index in [0.29, 0.717) is 37.4 Å². The molecule has 0 aliphatic carbocycles. The monoisotopic (exact) mass is 299 g/mol. The van der Waals surface area contributed by atoms with Crippen molar-refractivity contribution in [3.8, 4) is 0 Å². The van der Waals surface area contributed by atoms with Crippen molar-refractivity contribution in [3.63, 3.8) is 0 Å². The van der Waals surface area contributed by atoms with Crippen LogP contribution >= 0.6 is 0 Å². The molecule has 5 heteroatoms. The van der Waals surface area contributed by atoms with Gasteiger partial charge in [-0.2, -0.15) is 0 Å². The fourth-order valence-electron chi connectivity index (χ4n) is 2.72. The van der Waals surface area contributed by atoms with Crippen molar-refractivity contribution < 1.29 is 9.18 Å². The molecule has 2 aromatic rings. The number of halogens is 1. The fraction of sp³-hybridized carbons (Fsp3) is 0.294. The van der Waals surface area contributed by atoms with E-state index in [1.807, 2.05) is 24.0 Å². The van der Waals surface area contributed by atoms with Crippen molar-refractivity contribution in [1.29, 1.82) is 0 Å². The molecule has 0 spiro atoms. The third kappa shape index (κ3) is 2.79. The van der Waals surface area contributed by atoms with Gasteiger partial charge < -0.3 is 9.80 Å². The number of aromatic nitrogens is 1. The SMILES string of the molecule is Cc1ccncc1C(=O)N1CCN(c2ccccc2F)CC1. The van der Waals surface area contributed by atoms with Crippen LogP contribution in [0.25, 0.3) is 0 Å². The minimum atomic E-state index is -0.217. The van der Waals surface area contributed by atoms with E-state index in [1.165, 1.54) is 6.07 Å². The van der Waals surface area contributed by atoms with Crippen molar-refractivity contribution in [2.45, 2.75) is 6.92 Å². The first-order valence-electron chi connectivity index (χ1n) is 7.36. The van der Waals surface area contributed by atoms with Crippen LogP contribution in [0.4, 0.5) is 10.1 Å². The van der Waals surface area contributed by atoms with Crippen molar-refractivity contribution >= 4 is 11.6 Å². The molecule has 1 saturated heterocycles. The van der Waals surface area contributed by atoms with Crippen LogP contribution in [-0.2, 0) is 0 Å². The van der Waals surface area contributed by atoms with Gasteiger partial charge in [-0.05, 0) is 30.7 Å². The fourth-order valence-corrected chi connectivity index (χ4v) is 2.72. The lowest BCUT2D eigenvalue weighted by molar-refractivity contribution is 0.0745. The van der Waals surface area contributed by atoms with Crippen LogP contribution in [0.1, 0.15) is 15.9 Å². The van der Waals surface area contributed by atoms with Crippen LogP contribution in [0.3, 0.4) is 0 Å². The Bertz CT molecular complexity index is 681. The number of hydrogen-bond acceptors (Lipinski definition) is 3. The molecule has 114 valence electrons. The van der Waals surface area contributed by atoms with Crippen LogP contribution in [0.5, 0.6) is 0 Å². The van der Waals surface area contributed by atoms with E-state index in [0.717, 1.165) is 5.56 Å². The molecule has 0 unspecified atom stereocenters. The second kappa shape index (κ2) is 6.13. The number of anilines is 1. The first kappa shape index (κ1) is 14.5. The van der Waals surface area contributed by atoms with Crippen molar-refractivity contribution in [3.05, 3.63) is 59.7 Å². The third-order valence-corrected chi connectivity index (χ3v) is 4.03. The molecule has 4 nitrogen and oxygen atoms in total. The number of para-hydroxylation sites is 1. The maximum absolute atomic E-state index is 13.8. The molecule has 2 heterocycles. The number of amides is 1. The van der Waals surface area contributed by atoms with Crippen molar-refractivity contribution in [2.24, 2.45) is 0 Å². The summed E-state index contributed by atoms with van der Waals surface area (Å²) in [5, 5.41) is 0. The third-order valence-electron chi connectivity index (χ3n) is 4.03. The normalized spacial score (nSPS) is 15.0. The van der Waals surface area contributed by atoms with E-state index < -0.39 is 0 Å². The van der Waals surface area contributed by atoms with Gasteiger partial charge in [0.2, 0.25) is 0 Å². The highest BCUT2D eigenvalue weighted by Crippen LogP contribution is 2.21. The van der Waals surface area contributed by atoms with Gasteiger partial charge in [0.05, 0.1) is 11.3 Å². The Kier molecular flexibility index (Phi) is 4.04. The molecule has 0 saturated carbocycles. The summed E-state index contributed by atoms with van der Waals surface area (Å²) in [7, 11) is 0. The molecule has 1 aliphatic rings. The van der Waals surface area contributed by atoms with E-state index in [2.05, 4.69) is 4.98 Å². The van der Waals surface area contributed by atoms with Gasteiger partial charge in [0.15, 0.2) is 0 Å². The lowest BCUT2D eigenvalue weighted by Gasteiger charge is -2.36. The van der Waals surface area contributed by atoms with Crippen LogP contribution in [0.15, 0.2) is 42.7 Å². The quantitative estimate of drug-likeness (QED) is 0.855. The van der Waals surface area contributed by atoms with Gasteiger partial charge in [-0.15, -0.1) is 0 Å². The highest BCUT2D eigenvalue weighted by atomic mass is 19.1. The Morgan fingerprint density at radius 2 is 1.86 bits per heavy atom. The number of rotatable bonds is 2. The molecule has 1 aromatic heterocycles. The number of piperazine rings is 1. The number of pyridine rings is 1. The molecule has 0 radical (unpaired) electrons. The zero-order valence-electron chi connectivity index (χ0n) is 12.5. The summed E-state index contributed by atoms with van der Waals surface area (Å²) in [5.74, 6) is -0.218. The number of carbonyl (C=O) groups is 1. The molecule has 1 fully saturated rings. The minimum Gasteiger partial charge on any atom is -0.366 e. The predicted octanol–water partition coefficient (Wildman–Crippen LogP) is 2.49. The Morgan fingerprint density at radius 3 is 2.55 bits per heavy atom. The maximum Gasteiger partial charge on any atom is 0.255 e. The van der Waals surface area contributed by atoms with Crippen LogP contribution in [0.2, 0.25) is 0 Å². The minimum absolute atomic E-state index is 0.00113. The van der Waals surface area contributed by atoms with Crippen LogP contribution < -0.4 is 4.90 Å². The molecule has 0 atom stereocenters. The van der Waals surface area contributed by atoms with Crippen molar-refractivity contribution in [2.75, 3.05) is 31.1 Å². The van der Waals surface area contributed by atoms with Gasteiger partial charge in [-0.25, -0.2) is 4.39 Å². The number of aryl methyl sites for hydroxylation is 1. The average Bonchev–Trinajstić information content (AvgIpc) is 2.55. The topological polar surface area (TPSA) is 36.4 Å². The first-order valence-corrected chi connectivity index (χ1v) is 7.36. The Balaban J connectivity index is 1.68. The summed E-state index contributed by atoms with van der Waals surface area (Å²) in [5.41, 5.74) is 2.17. The second-order valence-corrected chi connectivity index (χ2v) is 5.42. The van der Waals surface area contributed by atoms with E-state index in [1.54, 1.807) is 29.4 Å². The molecule has 1 aromatic carbocycles. The van der Waals surface area contributed by atoms with Crippen molar-refractivity contribution in [1.82, 2.24) is 9.88 Å². The Morgan fingerprint density at radius 1 is 1.14 bits per heavy atom. The summed E-state index contributed by atoms with van der Waals surface area (Å²) in [6, 6.07) is 8.59.